The lowest BCUT2D eigenvalue weighted by atomic mass is 10.1. The molecule has 0 aliphatic carbocycles. The molecule has 7 heteroatoms. The number of nitrogens with one attached hydrogen (secondary N) is 1. The van der Waals surface area contributed by atoms with E-state index in [4.69, 9.17) is 4.42 Å². The van der Waals surface area contributed by atoms with Gasteiger partial charge in [0.05, 0.1) is 10.3 Å². The molecule has 0 saturated carbocycles. The van der Waals surface area contributed by atoms with Crippen LogP contribution in [0.4, 0.5) is 11.4 Å². The summed E-state index contributed by atoms with van der Waals surface area (Å²) in [6, 6.07) is 12.5. The number of nitro benzene ring substituents is 1. The summed E-state index contributed by atoms with van der Waals surface area (Å²) in [6.07, 6.45) is 0. The highest BCUT2D eigenvalue weighted by Crippen LogP contribution is 2.26. The van der Waals surface area contributed by atoms with E-state index in [1.807, 2.05) is 0 Å². The summed E-state index contributed by atoms with van der Waals surface area (Å²) in [7, 11) is 0. The SMILES string of the molecule is Cc1ccc(NC(=O)c2cc3ccccc3c(=O)o2)c([N+](=O)[O-])c1. The third kappa shape index (κ3) is 2.87. The van der Waals surface area contributed by atoms with E-state index in [-0.39, 0.29) is 17.1 Å². The zero-order valence-corrected chi connectivity index (χ0v) is 12.6. The predicted molar refractivity (Wildman–Crippen MR) is 88.3 cm³/mol. The van der Waals surface area contributed by atoms with Crippen LogP contribution < -0.4 is 10.9 Å². The number of nitrogens with zero attached hydrogens (tertiary/aromatic N) is 1. The van der Waals surface area contributed by atoms with E-state index >= 15 is 0 Å². The number of benzene rings is 2. The first kappa shape index (κ1) is 15.4. The van der Waals surface area contributed by atoms with Gasteiger partial charge in [-0.2, -0.15) is 0 Å². The van der Waals surface area contributed by atoms with Crippen molar-refractivity contribution < 1.29 is 14.1 Å². The average Bonchev–Trinajstić information content (AvgIpc) is 2.56. The first-order valence-electron chi connectivity index (χ1n) is 7.05. The van der Waals surface area contributed by atoms with Crippen molar-refractivity contribution in [2.24, 2.45) is 0 Å². The Morgan fingerprint density at radius 2 is 1.92 bits per heavy atom. The molecule has 0 radical (unpaired) electrons. The van der Waals surface area contributed by atoms with Crippen LogP contribution in [0.15, 0.2) is 57.7 Å². The Hall–Kier alpha value is -3.48. The maximum absolute atomic E-state index is 12.3. The van der Waals surface area contributed by atoms with Crippen molar-refractivity contribution in [3.05, 3.63) is 80.4 Å². The van der Waals surface area contributed by atoms with Gasteiger partial charge in [0, 0.05) is 6.07 Å². The van der Waals surface area contributed by atoms with Crippen molar-refractivity contribution in [1.29, 1.82) is 0 Å². The Labute approximate surface area is 135 Å². The largest absolute Gasteiger partial charge is 0.417 e. The molecule has 0 fully saturated rings. The highest BCUT2D eigenvalue weighted by molar-refractivity contribution is 6.05. The molecule has 3 rings (SSSR count). The van der Waals surface area contributed by atoms with Gasteiger partial charge < -0.3 is 9.73 Å². The number of carbonyl (C=O) groups excluding carboxylic acids is 1. The van der Waals surface area contributed by atoms with Gasteiger partial charge in [0.15, 0.2) is 5.76 Å². The monoisotopic (exact) mass is 324 g/mol. The van der Waals surface area contributed by atoms with Crippen molar-refractivity contribution in [1.82, 2.24) is 0 Å². The van der Waals surface area contributed by atoms with Crippen LogP contribution in [0.25, 0.3) is 10.8 Å². The van der Waals surface area contributed by atoms with Crippen molar-refractivity contribution in [3.63, 3.8) is 0 Å². The molecule has 3 aromatic rings. The van der Waals surface area contributed by atoms with E-state index in [9.17, 15) is 19.7 Å². The molecule has 1 heterocycles. The minimum absolute atomic E-state index is 0.0337. The Morgan fingerprint density at radius 3 is 2.67 bits per heavy atom. The topological polar surface area (TPSA) is 102 Å². The molecule has 2 aromatic carbocycles. The van der Waals surface area contributed by atoms with Crippen LogP contribution in [0, 0.1) is 17.0 Å². The molecule has 0 aliphatic heterocycles. The van der Waals surface area contributed by atoms with E-state index in [0.717, 1.165) is 0 Å². The molecule has 1 N–H and O–H groups in total. The third-order valence-corrected chi connectivity index (χ3v) is 3.49. The number of aryl methyl sites for hydroxylation is 1. The molecular formula is C17H12N2O5. The fraction of sp³-hybridized carbons (Fsp3) is 0.0588. The lowest BCUT2D eigenvalue weighted by Gasteiger charge is -2.06. The molecule has 24 heavy (non-hydrogen) atoms. The first-order chi connectivity index (χ1) is 11.5. The lowest BCUT2D eigenvalue weighted by Crippen LogP contribution is -2.15. The van der Waals surface area contributed by atoms with Crippen molar-refractivity contribution >= 4 is 28.1 Å². The zero-order chi connectivity index (χ0) is 17.3. The molecule has 0 saturated heterocycles. The van der Waals surface area contributed by atoms with Crippen LogP contribution in [-0.4, -0.2) is 10.8 Å². The minimum atomic E-state index is -0.732. The van der Waals surface area contributed by atoms with Gasteiger partial charge >= 0.3 is 5.63 Å². The average molecular weight is 324 g/mol. The van der Waals surface area contributed by atoms with Gasteiger partial charge in [0.2, 0.25) is 0 Å². The van der Waals surface area contributed by atoms with Gasteiger partial charge in [-0.15, -0.1) is 0 Å². The Kier molecular flexibility index (Phi) is 3.83. The molecule has 1 aromatic heterocycles. The quantitative estimate of drug-likeness (QED) is 0.588. The van der Waals surface area contributed by atoms with Gasteiger partial charge in [-0.05, 0) is 36.1 Å². The standard InChI is InChI=1S/C17H12N2O5/c1-10-6-7-13(14(8-10)19(22)23)18-16(20)15-9-11-4-2-3-5-12(11)17(21)24-15/h2-9H,1H3,(H,18,20). The van der Waals surface area contributed by atoms with Crippen LogP contribution in [0.5, 0.6) is 0 Å². The van der Waals surface area contributed by atoms with Gasteiger partial charge in [0.25, 0.3) is 11.6 Å². The molecular weight excluding hydrogens is 312 g/mol. The second-order valence-corrected chi connectivity index (χ2v) is 5.22. The number of hydrogen-bond donors (Lipinski definition) is 1. The molecule has 0 aliphatic rings. The van der Waals surface area contributed by atoms with Crippen molar-refractivity contribution in [3.8, 4) is 0 Å². The van der Waals surface area contributed by atoms with E-state index in [1.165, 1.54) is 18.2 Å². The van der Waals surface area contributed by atoms with E-state index in [2.05, 4.69) is 5.32 Å². The summed E-state index contributed by atoms with van der Waals surface area (Å²) in [5, 5.41) is 14.4. The first-order valence-corrected chi connectivity index (χ1v) is 7.05. The van der Waals surface area contributed by atoms with Crippen LogP contribution in [-0.2, 0) is 0 Å². The van der Waals surface area contributed by atoms with Gasteiger partial charge in [-0.3, -0.25) is 14.9 Å². The zero-order valence-electron chi connectivity index (χ0n) is 12.6. The summed E-state index contributed by atoms with van der Waals surface area (Å²) in [5.74, 6) is -0.946. The molecule has 0 spiro atoms. The van der Waals surface area contributed by atoms with Crippen molar-refractivity contribution in [2.45, 2.75) is 6.92 Å². The summed E-state index contributed by atoms with van der Waals surface area (Å²) < 4.78 is 5.01. The molecule has 0 atom stereocenters. The molecule has 1 amide bonds. The van der Waals surface area contributed by atoms with E-state index in [1.54, 1.807) is 37.3 Å². The van der Waals surface area contributed by atoms with Crippen LogP contribution in [0.3, 0.4) is 0 Å². The van der Waals surface area contributed by atoms with Crippen LogP contribution in [0.1, 0.15) is 16.1 Å². The second-order valence-electron chi connectivity index (χ2n) is 5.22. The predicted octanol–water partition coefficient (Wildman–Crippen LogP) is 3.26. The molecule has 7 nitrogen and oxygen atoms in total. The van der Waals surface area contributed by atoms with E-state index in [0.29, 0.717) is 16.3 Å². The summed E-state index contributed by atoms with van der Waals surface area (Å²) in [6.45, 7) is 1.71. The summed E-state index contributed by atoms with van der Waals surface area (Å²) in [4.78, 5) is 34.7. The molecule has 0 unspecified atom stereocenters. The smallest absolute Gasteiger partial charge is 0.344 e. The third-order valence-electron chi connectivity index (χ3n) is 3.49. The lowest BCUT2D eigenvalue weighted by molar-refractivity contribution is -0.384. The highest BCUT2D eigenvalue weighted by atomic mass is 16.6. The fourth-order valence-corrected chi connectivity index (χ4v) is 2.33. The number of nitro groups is 1. The molecule has 120 valence electrons. The Balaban J connectivity index is 1.99. The Bertz CT molecular complexity index is 1020. The minimum Gasteiger partial charge on any atom is -0.417 e. The Morgan fingerprint density at radius 1 is 1.17 bits per heavy atom. The van der Waals surface area contributed by atoms with Gasteiger partial charge in [-0.25, -0.2) is 4.79 Å². The highest BCUT2D eigenvalue weighted by Gasteiger charge is 2.19. The number of rotatable bonds is 3. The molecule has 0 bridgehead atoms. The second kappa shape index (κ2) is 5.96. The normalized spacial score (nSPS) is 10.5. The maximum atomic E-state index is 12.3. The van der Waals surface area contributed by atoms with Gasteiger partial charge in [0.1, 0.15) is 5.69 Å². The summed E-state index contributed by atoms with van der Waals surface area (Å²) in [5.41, 5.74) is -0.147. The van der Waals surface area contributed by atoms with Gasteiger partial charge in [-0.1, -0.05) is 24.3 Å². The number of amides is 1. The van der Waals surface area contributed by atoms with E-state index < -0.39 is 16.5 Å². The summed E-state index contributed by atoms with van der Waals surface area (Å²) >= 11 is 0. The fourth-order valence-electron chi connectivity index (χ4n) is 2.33. The van der Waals surface area contributed by atoms with Crippen LogP contribution >= 0.6 is 0 Å². The number of carbonyl (C=O) groups is 1. The number of anilines is 1. The van der Waals surface area contributed by atoms with Crippen molar-refractivity contribution in [2.75, 3.05) is 5.32 Å². The number of hydrogen-bond acceptors (Lipinski definition) is 5. The van der Waals surface area contributed by atoms with Crippen LogP contribution in [0.2, 0.25) is 0 Å². The number of fused-ring (bicyclic) bond motifs is 1. The maximum Gasteiger partial charge on any atom is 0.344 e.